The fourth-order valence-electron chi connectivity index (χ4n) is 2.69. The van der Waals surface area contributed by atoms with Gasteiger partial charge in [-0.05, 0) is 24.1 Å². The number of benzene rings is 2. The van der Waals surface area contributed by atoms with E-state index in [1.807, 2.05) is 49.4 Å². The van der Waals surface area contributed by atoms with Gasteiger partial charge in [0.1, 0.15) is 0 Å². The molecule has 1 unspecified atom stereocenters. The van der Waals surface area contributed by atoms with Crippen LogP contribution < -0.4 is 0 Å². The average molecular weight is 349 g/mol. The summed E-state index contributed by atoms with van der Waals surface area (Å²) >= 11 is 6.26. The van der Waals surface area contributed by atoms with E-state index in [-0.39, 0.29) is 0 Å². The van der Waals surface area contributed by atoms with E-state index < -0.39 is 16.1 Å². The van der Waals surface area contributed by atoms with Crippen LogP contribution in [0.2, 0.25) is 5.02 Å². The van der Waals surface area contributed by atoms with Crippen molar-refractivity contribution in [2.75, 3.05) is 6.26 Å². The SMILES string of the molecule is Cc1ccc(C2=NN(S(C)(=O)=O)C(c3ccccc3Cl)C2)cc1. The molecule has 0 bridgehead atoms. The number of rotatable bonds is 3. The molecule has 0 saturated heterocycles. The summed E-state index contributed by atoms with van der Waals surface area (Å²) in [6, 6.07) is 14.8. The molecule has 0 aromatic heterocycles. The number of aryl methyl sites for hydroxylation is 1. The molecule has 0 N–H and O–H groups in total. The molecule has 0 radical (unpaired) electrons. The van der Waals surface area contributed by atoms with E-state index in [0.717, 1.165) is 22.4 Å². The van der Waals surface area contributed by atoms with Gasteiger partial charge < -0.3 is 0 Å². The number of nitrogens with zero attached hydrogens (tertiary/aromatic N) is 2. The molecule has 0 aliphatic carbocycles. The van der Waals surface area contributed by atoms with Crippen molar-refractivity contribution in [2.24, 2.45) is 5.10 Å². The first-order chi connectivity index (χ1) is 10.9. The van der Waals surface area contributed by atoms with Crippen molar-refractivity contribution in [1.29, 1.82) is 0 Å². The summed E-state index contributed by atoms with van der Waals surface area (Å²) in [6.45, 7) is 2.01. The average Bonchev–Trinajstić information content (AvgIpc) is 2.93. The van der Waals surface area contributed by atoms with Crippen molar-refractivity contribution >= 4 is 27.3 Å². The van der Waals surface area contributed by atoms with E-state index in [0.29, 0.717) is 11.4 Å². The second-order valence-electron chi connectivity index (χ2n) is 5.69. The number of hydrogen-bond donors (Lipinski definition) is 0. The number of halogens is 1. The van der Waals surface area contributed by atoms with Crippen molar-refractivity contribution in [3.05, 3.63) is 70.2 Å². The lowest BCUT2D eigenvalue weighted by molar-refractivity contribution is 0.375. The lowest BCUT2D eigenvalue weighted by Crippen LogP contribution is -2.26. The van der Waals surface area contributed by atoms with Gasteiger partial charge >= 0.3 is 0 Å². The zero-order valence-corrected chi connectivity index (χ0v) is 14.5. The standard InChI is InChI=1S/C17H17ClN2O2S/c1-12-7-9-13(10-8-12)16-11-17(20(19-16)23(2,21)22)14-5-3-4-6-15(14)18/h3-10,17H,11H2,1-2H3. The van der Waals surface area contributed by atoms with E-state index in [2.05, 4.69) is 5.10 Å². The number of hydrazone groups is 1. The Morgan fingerprint density at radius 1 is 1.13 bits per heavy atom. The molecule has 6 heteroatoms. The van der Waals surface area contributed by atoms with Crippen molar-refractivity contribution < 1.29 is 8.42 Å². The van der Waals surface area contributed by atoms with Crippen LogP contribution in [0.4, 0.5) is 0 Å². The Morgan fingerprint density at radius 3 is 2.39 bits per heavy atom. The molecule has 3 rings (SSSR count). The second kappa shape index (κ2) is 5.98. The highest BCUT2D eigenvalue weighted by molar-refractivity contribution is 7.88. The zero-order valence-electron chi connectivity index (χ0n) is 12.9. The van der Waals surface area contributed by atoms with Gasteiger partial charge in [0.2, 0.25) is 10.0 Å². The predicted octanol–water partition coefficient (Wildman–Crippen LogP) is 3.76. The highest BCUT2D eigenvalue weighted by Gasteiger charge is 2.35. The summed E-state index contributed by atoms with van der Waals surface area (Å²) in [5.41, 5.74) is 3.60. The van der Waals surface area contributed by atoms with E-state index >= 15 is 0 Å². The zero-order chi connectivity index (χ0) is 16.6. The minimum Gasteiger partial charge on any atom is -0.205 e. The van der Waals surface area contributed by atoms with Crippen LogP contribution in [0, 0.1) is 6.92 Å². The summed E-state index contributed by atoms with van der Waals surface area (Å²) in [5.74, 6) is 0. The van der Waals surface area contributed by atoms with Crippen molar-refractivity contribution in [1.82, 2.24) is 4.41 Å². The van der Waals surface area contributed by atoms with Gasteiger partial charge in [-0.3, -0.25) is 0 Å². The molecule has 0 fully saturated rings. The van der Waals surface area contributed by atoms with Crippen LogP contribution in [0.25, 0.3) is 0 Å². The maximum atomic E-state index is 12.1. The van der Waals surface area contributed by atoms with Gasteiger partial charge in [-0.2, -0.15) is 9.52 Å². The van der Waals surface area contributed by atoms with Crippen LogP contribution >= 0.6 is 11.6 Å². The smallest absolute Gasteiger partial charge is 0.205 e. The molecule has 2 aromatic rings. The molecule has 1 heterocycles. The van der Waals surface area contributed by atoms with Crippen LogP contribution in [0.5, 0.6) is 0 Å². The first-order valence-corrected chi connectivity index (χ1v) is 9.47. The third-order valence-corrected chi connectivity index (χ3v) is 5.22. The topological polar surface area (TPSA) is 49.7 Å². The van der Waals surface area contributed by atoms with Crippen molar-refractivity contribution in [3.63, 3.8) is 0 Å². The molecule has 1 aliphatic rings. The Kier molecular flexibility index (Phi) is 4.17. The Labute approximate surface area is 141 Å². The Balaban J connectivity index is 2.03. The minimum absolute atomic E-state index is 0.407. The molecule has 1 atom stereocenters. The molecule has 120 valence electrons. The largest absolute Gasteiger partial charge is 0.247 e. The van der Waals surface area contributed by atoms with Crippen LogP contribution in [0.1, 0.15) is 29.2 Å². The Morgan fingerprint density at radius 2 is 1.78 bits per heavy atom. The summed E-state index contributed by atoms with van der Waals surface area (Å²) < 4.78 is 25.4. The van der Waals surface area contributed by atoms with Crippen LogP contribution in [-0.2, 0) is 10.0 Å². The van der Waals surface area contributed by atoms with Gasteiger partial charge in [0, 0.05) is 11.4 Å². The van der Waals surface area contributed by atoms with Crippen molar-refractivity contribution in [2.45, 2.75) is 19.4 Å². The summed E-state index contributed by atoms with van der Waals surface area (Å²) in [4.78, 5) is 0. The van der Waals surface area contributed by atoms with E-state index in [1.165, 1.54) is 10.7 Å². The molecule has 23 heavy (non-hydrogen) atoms. The second-order valence-corrected chi connectivity index (χ2v) is 7.94. The maximum absolute atomic E-state index is 12.1. The molecule has 1 aliphatic heterocycles. The quantitative estimate of drug-likeness (QED) is 0.848. The summed E-state index contributed by atoms with van der Waals surface area (Å²) in [7, 11) is -3.48. The van der Waals surface area contributed by atoms with Crippen LogP contribution in [-0.4, -0.2) is 24.8 Å². The van der Waals surface area contributed by atoms with E-state index in [4.69, 9.17) is 11.6 Å². The molecule has 0 spiro atoms. The fourth-order valence-corrected chi connectivity index (χ4v) is 3.85. The van der Waals surface area contributed by atoms with Gasteiger partial charge in [0.05, 0.1) is 18.0 Å². The third kappa shape index (κ3) is 3.26. The van der Waals surface area contributed by atoms with E-state index in [9.17, 15) is 8.42 Å². The Bertz CT molecular complexity index is 860. The molecule has 0 saturated carbocycles. The summed E-state index contributed by atoms with van der Waals surface area (Å²) in [6.07, 6.45) is 1.66. The fraction of sp³-hybridized carbons (Fsp3) is 0.235. The molecule has 4 nitrogen and oxygen atoms in total. The first-order valence-electron chi connectivity index (χ1n) is 7.24. The van der Waals surface area contributed by atoms with Crippen molar-refractivity contribution in [3.8, 4) is 0 Å². The number of hydrogen-bond acceptors (Lipinski definition) is 3. The van der Waals surface area contributed by atoms with Crippen LogP contribution in [0.15, 0.2) is 53.6 Å². The lowest BCUT2D eigenvalue weighted by Gasteiger charge is -2.22. The van der Waals surface area contributed by atoms with Gasteiger partial charge in [0.15, 0.2) is 0 Å². The van der Waals surface area contributed by atoms with Gasteiger partial charge in [-0.15, -0.1) is 0 Å². The van der Waals surface area contributed by atoms with Gasteiger partial charge in [-0.1, -0.05) is 59.6 Å². The maximum Gasteiger partial charge on any atom is 0.247 e. The highest BCUT2D eigenvalue weighted by atomic mass is 35.5. The molecule has 2 aromatic carbocycles. The first kappa shape index (κ1) is 16.0. The summed E-state index contributed by atoms with van der Waals surface area (Å²) in [5, 5.41) is 4.91. The lowest BCUT2D eigenvalue weighted by atomic mass is 9.98. The minimum atomic E-state index is -3.48. The third-order valence-electron chi connectivity index (χ3n) is 3.86. The monoisotopic (exact) mass is 348 g/mol. The molecule has 0 amide bonds. The van der Waals surface area contributed by atoms with Crippen LogP contribution in [0.3, 0.4) is 0 Å². The Hall–Kier alpha value is -1.85. The highest BCUT2D eigenvalue weighted by Crippen LogP contribution is 2.37. The normalized spacial score (nSPS) is 18.1. The molecular formula is C17H17ClN2O2S. The molecular weight excluding hydrogens is 332 g/mol. The number of sulfonamides is 1. The van der Waals surface area contributed by atoms with Gasteiger partial charge in [-0.25, -0.2) is 8.42 Å². The predicted molar refractivity (Wildman–Crippen MR) is 93.2 cm³/mol. The van der Waals surface area contributed by atoms with E-state index in [1.54, 1.807) is 6.07 Å². The van der Waals surface area contributed by atoms with Gasteiger partial charge in [0.25, 0.3) is 0 Å².